The Morgan fingerprint density at radius 2 is 2.25 bits per heavy atom. The Morgan fingerprint density at radius 3 is 2.94 bits per heavy atom. The quantitative estimate of drug-likeness (QED) is 0.772. The monoisotopic (exact) mass is 226 g/mol. The number of carbonyl (C=O) groups is 1. The summed E-state index contributed by atoms with van der Waals surface area (Å²) in [4.78, 5) is 14.3. The minimum atomic E-state index is 0.0613. The summed E-state index contributed by atoms with van der Waals surface area (Å²) in [6.45, 7) is 2.57. The molecule has 2 heterocycles. The largest absolute Gasteiger partial charge is 0.383 e. The first-order valence-corrected chi connectivity index (χ1v) is 6.35. The number of ether oxygens (including phenoxy) is 1. The molecular formula is C12H22N2O2. The van der Waals surface area contributed by atoms with Crippen LogP contribution in [0.4, 0.5) is 0 Å². The molecule has 0 saturated carbocycles. The lowest BCUT2D eigenvalue weighted by atomic mass is 10.0. The van der Waals surface area contributed by atoms with Gasteiger partial charge in [-0.25, -0.2) is 0 Å². The molecule has 2 aliphatic rings. The highest BCUT2D eigenvalue weighted by atomic mass is 16.5. The van der Waals surface area contributed by atoms with Gasteiger partial charge in [-0.3, -0.25) is 4.79 Å². The molecule has 2 aliphatic heterocycles. The van der Waals surface area contributed by atoms with Crippen molar-refractivity contribution >= 4 is 5.91 Å². The predicted octanol–water partition coefficient (Wildman–Crippen LogP) is 0.766. The van der Waals surface area contributed by atoms with E-state index in [1.807, 2.05) is 4.90 Å². The highest BCUT2D eigenvalue weighted by Gasteiger charge is 2.33. The van der Waals surface area contributed by atoms with Crippen molar-refractivity contribution < 1.29 is 9.53 Å². The van der Waals surface area contributed by atoms with Crippen LogP contribution in [-0.2, 0) is 9.53 Å². The molecule has 4 nitrogen and oxygen atoms in total. The number of hydrogen-bond acceptors (Lipinski definition) is 3. The van der Waals surface area contributed by atoms with E-state index in [1.54, 1.807) is 7.11 Å². The highest BCUT2D eigenvalue weighted by molar-refractivity contribution is 5.82. The second-order valence-corrected chi connectivity index (χ2v) is 4.79. The van der Waals surface area contributed by atoms with Crippen LogP contribution in [0.1, 0.15) is 32.1 Å². The van der Waals surface area contributed by atoms with Gasteiger partial charge in [0, 0.05) is 13.7 Å². The molecule has 1 amide bonds. The lowest BCUT2D eigenvalue weighted by Crippen LogP contribution is -2.50. The fourth-order valence-electron chi connectivity index (χ4n) is 2.75. The van der Waals surface area contributed by atoms with Crippen LogP contribution in [0.25, 0.3) is 0 Å². The van der Waals surface area contributed by atoms with E-state index in [0.717, 1.165) is 32.4 Å². The average Bonchev–Trinajstić information content (AvgIpc) is 2.78. The number of nitrogens with one attached hydrogen (secondary N) is 1. The lowest BCUT2D eigenvalue weighted by Gasteiger charge is -2.30. The zero-order valence-corrected chi connectivity index (χ0v) is 10.1. The zero-order chi connectivity index (χ0) is 11.4. The van der Waals surface area contributed by atoms with Crippen molar-refractivity contribution in [1.29, 1.82) is 0 Å². The maximum Gasteiger partial charge on any atom is 0.240 e. The first kappa shape index (κ1) is 11.9. The molecule has 0 aliphatic carbocycles. The summed E-state index contributed by atoms with van der Waals surface area (Å²) in [6, 6.07) is 0.368. The number of hydrogen-bond donors (Lipinski definition) is 1. The number of amides is 1. The van der Waals surface area contributed by atoms with Crippen molar-refractivity contribution in [3.05, 3.63) is 0 Å². The molecule has 92 valence electrons. The van der Waals surface area contributed by atoms with Gasteiger partial charge in [0.2, 0.25) is 5.91 Å². The second kappa shape index (κ2) is 5.64. The summed E-state index contributed by atoms with van der Waals surface area (Å²) >= 11 is 0. The van der Waals surface area contributed by atoms with Crippen LogP contribution in [0.3, 0.4) is 0 Å². The van der Waals surface area contributed by atoms with E-state index in [1.165, 1.54) is 12.8 Å². The first-order valence-electron chi connectivity index (χ1n) is 6.35. The molecule has 0 unspecified atom stereocenters. The van der Waals surface area contributed by atoms with Gasteiger partial charge >= 0.3 is 0 Å². The third-order valence-electron chi connectivity index (χ3n) is 3.63. The zero-order valence-electron chi connectivity index (χ0n) is 10.1. The Bertz CT molecular complexity index is 239. The Morgan fingerprint density at radius 1 is 1.38 bits per heavy atom. The summed E-state index contributed by atoms with van der Waals surface area (Å²) in [5, 5.41) is 3.33. The molecule has 0 radical (unpaired) electrons. The smallest absolute Gasteiger partial charge is 0.240 e. The van der Waals surface area contributed by atoms with Crippen molar-refractivity contribution in [2.24, 2.45) is 0 Å². The van der Waals surface area contributed by atoms with Crippen molar-refractivity contribution in [2.45, 2.75) is 44.2 Å². The lowest BCUT2D eigenvalue weighted by molar-refractivity contribution is -0.135. The van der Waals surface area contributed by atoms with E-state index in [9.17, 15) is 4.79 Å². The van der Waals surface area contributed by atoms with Gasteiger partial charge in [0.05, 0.1) is 18.7 Å². The van der Waals surface area contributed by atoms with Gasteiger partial charge in [-0.15, -0.1) is 0 Å². The maximum absolute atomic E-state index is 12.3. The van der Waals surface area contributed by atoms with E-state index in [4.69, 9.17) is 4.74 Å². The minimum absolute atomic E-state index is 0.0613. The van der Waals surface area contributed by atoms with Crippen LogP contribution in [0.15, 0.2) is 0 Å². The Balaban J connectivity index is 1.91. The minimum Gasteiger partial charge on any atom is -0.383 e. The van der Waals surface area contributed by atoms with E-state index in [0.29, 0.717) is 18.6 Å². The van der Waals surface area contributed by atoms with Crippen LogP contribution in [0.5, 0.6) is 0 Å². The SMILES string of the molecule is COC[C@@H]1CCCN1C(=O)[C@@H]1CCCCN1. The van der Waals surface area contributed by atoms with Crippen LogP contribution in [0.2, 0.25) is 0 Å². The van der Waals surface area contributed by atoms with Crippen molar-refractivity contribution in [3.8, 4) is 0 Å². The van der Waals surface area contributed by atoms with Crippen molar-refractivity contribution in [1.82, 2.24) is 10.2 Å². The van der Waals surface area contributed by atoms with E-state index in [2.05, 4.69) is 5.32 Å². The first-order chi connectivity index (χ1) is 7.83. The number of piperidine rings is 1. The fraction of sp³-hybridized carbons (Fsp3) is 0.917. The van der Waals surface area contributed by atoms with Gasteiger partial charge in [0.15, 0.2) is 0 Å². The standard InChI is InChI=1S/C12H22N2O2/c1-16-9-10-5-4-8-14(10)12(15)11-6-2-3-7-13-11/h10-11,13H,2-9H2,1H3/t10-,11-/m0/s1. The Hall–Kier alpha value is -0.610. The number of carbonyl (C=O) groups excluding carboxylic acids is 1. The molecule has 0 aromatic rings. The van der Waals surface area contributed by atoms with Crippen LogP contribution in [0, 0.1) is 0 Å². The summed E-state index contributed by atoms with van der Waals surface area (Å²) in [7, 11) is 1.71. The summed E-state index contributed by atoms with van der Waals surface area (Å²) < 4.78 is 5.18. The number of likely N-dealkylation sites (tertiary alicyclic amines) is 1. The molecule has 4 heteroatoms. The van der Waals surface area contributed by atoms with Crippen LogP contribution < -0.4 is 5.32 Å². The summed E-state index contributed by atoms with van der Waals surface area (Å²) in [5.41, 5.74) is 0. The number of nitrogens with zero attached hydrogens (tertiary/aromatic N) is 1. The van der Waals surface area contributed by atoms with Gasteiger partial charge in [-0.1, -0.05) is 6.42 Å². The Labute approximate surface area is 97.3 Å². The van der Waals surface area contributed by atoms with Crippen molar-refractivity contribution in [2.75, 3.05) is 26.8 Å². The van der Waals surface area contributed by atoms with Crippen LogP contribution >= 0.6 is 0 Å². The van der Waals surface area contributed by atoms with E-state index < -0.39 is 0 Å². The van der Waals surface area contributed by atoms with E-state index >= 15 is 0 Å². The predicted molar refractivity (Wildman–Crippen MR) is 62.3 cm³/mol. The van der Waals surface area contributed by atoms with Gasteiger partial charge in [-0.2, -0.15) is 0 Å². The topological polar surface area (TPSA) is 41.6 Å². The Kier molecular flexibility index (Phi) is 4.18. The molecule has 2 rings (SSSR count). The molecule has 0 aromatic carbocycles. The van der Waals surface area contributed by atoms with Gasteiger partial charge in [0.25, 0.3) is 0 Å². The van der Waals surface area contributed by atoms with Crippen LogP contribution in [-0.4, -0.2) is 49.7 Å². The van der Waals surface area contributed by atoms with Gasteiger partial charge in [0.1, 0.15) is 0 Å². The summed E-state index contributed by atoms with van der Waals surface area (Å²) in [5.74, 6) is 0.291. The molecule has 2 saturated heterocycles. The number of methoxy groups -OCH3 is 1. The third kappa shape index (κ3) is 2.55. The normalized spacial score (nSPS) is 30.7. The summed E-state index contributed by atoms with van der Waals surface area (Å²) in [6.07, 6.45) is 5.57. The molecule has 0 aromatic heterocycles. The fourth-order valence-corrected chi connectivity index (χ4v) is 2.75. The highest BCUT2D eigenvalue weighted by Crippen LogP contribution is 2.20. The molecule has 1 N–H and O–H groups in total. The second-order valence-electron chi connectivity index (χ2n) is 4.79. The molecule has 0 bridgehead atoms. The average molecular weight is 226 g/mol. The van der Waals surface area contributed by atoms with Crippen molar-refractivity contribution in [3.63, 3.8) is 0 Å². The molecular weight excluding hydrogens is 204 g/mol. The van der Waals surface area contributed by atoms with E-state index in [-0.39, 0.29) is 6.04 Å². The number of rotatable bonds is 3. The molecule has 16 heavy (non-hydrogen) atoms. The van der Waals surface area contributed by atoms with Gasteiger partial charge in [-0.05, 0) is 32.2 Å². The molecule has 0 spiro atoms. The third-order valence-corrected chi connectivity index (χ3v) is 3.63. The molecule has 2 atom stereocenters. The van der Waals surface area contributed by atoms with Gasteiger partial charge < -0.3 is 15.0 Å². The maximum atomic E-state index is 12.3. The molecule has 2 fully saturated rings.